The largest absolute Gasteiger partial charge is 0.489 e. The van der Waals surface area contributed by atoms with Crippen LogP contribution in [0.2, 0.25) is 0 Å². The van der Waals surface area contributed by atoms with Crippen LogP contribution in [0.4, 0.5) is 4.39 Å². The summed E-state index contributed by atoms with van der Waals surface area (Å²) in [5.74, 6) is 0.391. The molecule has 0 aliphatic rings. The lowest BCUT2D eigenvalue weighted by molar-refractivity contribution is 0.265. The highest BCUT2D eigenvalue weighted by Crippen LogP contribution is 2.35. The first-order chi connectivity index (χ1) is 14.6. The molecular weight excluding hydrogens is 381 g/mol. The van der Waals surface area contributed by atoms with Gasteiger partial charge in [-0.2, -0.15) is 0 Å². The number of benzene rings is 3. The second kappa shape index (κ2) is 8.69. The zero-order valence-corrected chi connectivity index (χ0v) is 16.8. The number of ether oxygens (including phenoxy) is 1. The van der Waals surface area contributed by atoms with Gasteiger partial charge in [-0.1, -0.05) is 43.3 Å². The van der Waals surface area contributed by atoms with E-state index in [4.69, 9.17) is 14.9 Å². The first-order valence-corrected chi connectivity index (χ1v) is 9.98. The minimum Gasteiger partial charge on any atom is -0.489 e. The van der Waals surface area contributed by atoms with Crippen molar-refractivity contribution < 1.29 is 18.7 Å². The lowest BCUT2D eigenvalue weighted by Crippen LogP contribution is -2.16. The van der Waals surface area contributed by atoms with E-state index in [-0.39, 0.29) is 12.2 Å². The normalized spacial score (nSPS) is 12.3. The van der Waals surface area contributed by atoms with Gasteiger partial charge in [0.1, 0.15) is 23.8 Å². The molecule has 4 aromatic rings. The Morgan fingerprint density at radius 1 is 1.07 bits per heavy atom. The van der Waals surface area contributed by atoms with Crippen LogP contribution in [0.25, 0.3) is 22.1 Å². The van der Waals surface area contributed by atoms with Crippen molar-refractivity contribution in [2.24, 2.45) is 5.73 Å². The first kappa shape index (κ1) is 20.1. The lowest BCUT2D eigenvalue weighted by Gasteiger charge is -2.15. The Kier molecular flexibility index (Phi) is 5.84. The van der Waals surface area contributed by atoms with Crippen molar-refractivity contribution in [2.75, 3.05) is 6.61 Å². The molecule has 4 rings (SSSR count). The number of nitrogens with two attached hydrogens (primary N) is 1. The fourth-order valence-electron chi connectivity index (χ4n) is 3.67. The fraction of sp³-hybridized carbons (Fsp3) is 0.200. The van der Waals surface area contributed by atoms with E-state index < -0.39 is 11.9 Å². The summed E-state index contributed by atoms with van der Waals surface area (Å²) in [6.07, 6.45) is 2.47. The highest BCUT2D eigenvalue weighted by Gasteiger charge is 2.18. The van der Waals surface area contributed by atoms with E-state index in [2.05, 4.69) is 6.92 Å². The predicted octanol–water partition coefficient (Wildman–Crippen LogP) is 5.37. The Hall–Kier alpha value is -3.15. The van der Waals surface area contributed by atoms with E-state index in [1.165, 1.54) is 0 Å². The van der Waals surface area contributed by atoms with Crippen molar-refractivity contribution in [1.82, 2.24) is 0 Å². The summed E-state index contributed by atoms with van der Waals surface area (Å²) in [5.41, 5.74) is 9.79. The van der Waals surface area contributed by atoms with Crippen LogP contribution in [-0.2, 0) is 13.0 Å². The van der Waals surface area contributed by atoms with Crippen molar-refractivity contribution in [2.45, 2.75) is 26.0 Å². The van der Waals surface area contributed by atoms with Crippen LogP contribution < -0.4 is 10.5 Å². The zero-order chi connectivity index (χ0) is 21.1. The summed E-state index contributed by atoms with van der Waals surface area (Å²) in [7, 11) is 0. The molecule has 1 unspecified atom stereocenters. The molecule has 0 saturated carbocycles. The van der Waals surface area contributed by atoms with Crippen LogP contribution in [0, 0.1) is 5.82 Å². The van der Waals surface area contributed by atoms with Gasteiger partial charge in [0.25, 0.3) is 0 Å². The van der Waals surface area contributed by atoms with E-state index in [1.807, 2.05) is 42.5 Å². The Balaban J connectivity index is 1.74. The van der Waals surface area contributed by atoms with E-state index in [9.17, 15) is 5.11 Å². The molecule has 3 N–H and O–H groups in total. The number of aryl methyl sites for hydroxylation is 1. The van der Waals surface area contributed by atoms with Crippen molar-refractivity contribution in [3.63, 3.8) is 0 Å². The number of furan rings is 1. The van der Waals surface area contributed by atoms with E-state index >= 15 is 4.39 Å². The summed E-state index contributed by atoms with van der Waals surface area (Å²) in [6.45, 7) is 2.11. The molecule has 1 aromatic heterocycles. The molecule has 5 heteroatoms. The molecule has 3 aromatic carbocycles. The molecule has 154 valence electrons. The Morgan fingerprint density at radius 3 is 2.70 bits per heavy atom. The molecule has 1 atom stereocenters. The first-order valence-electron chi connectivity index (χ1n) is 9.98. The van der Waals surface area contributed by atoms with Gasteiger partial charge >= 0.3 is 0 Å². The van der Waals surface area contributed by atoms with Gasteiger partial charge in [0.2, 0.25) is 0 Å². The molecule has 30 heavy (non-hydrogen) atoms. The molecule has 0 radical (unpaired) electrons. The second-order valence-corrected chi connectivity index (χ2v) is 7.23. The molecule has 0 aliphatic carbocycles. The van der Waals surface area contributed by atoms with Crippen LogP contribution >= 0.6 is 0 Å². The molecule has 0 aliphatic heterocycles. The van der Waals surface area contributed by atoms with E-state index in [0.29, 0.717) is 23.3 Å². The van der Waals surface area contributed by atoms with Crippen molar-refractivity contribution in [3.05, 3.63) is 89.4 Å². The van der Waals surface area contributed by atoms with Gasteiger partial charge in [0.15, 0.2) is 0 Å². The Bertz CT molecular complexity index is 1170. The number of fused-ring (bicyclic) bond motifs is 1. The van der Waals surface area contributed by atoms with Crippen molar-refractivity contribution in [3.8, 4) is 16.9 Å². The predicted molar refractivity (Wildman–Crippen MR) is 116 cm³/mol. The standard InChI is InChI=1S/C25H24FNO3/c1-2-17-6-3-4-9-23(17)30-15-16-12-18-10-11-29-25(18)21(13-16)19-7-5-8-20(24(19)26)22(27)14-28/h3-13,22,28H,2,14-15,27H2,1H3. The molecule has 0 amide bonds. The van der Waals surface area contributed by atoms with Gasteiger partial charge < -0.3 is 20.0 Å². The topological polar surface area (TPSA) is 68.6 Å². The van der Waals surface area contributed by atoms with Gasteiger partial charge in [-0.05, 0) is 41.8 Å². The van der Waals surface area contributed by atoms with Crippen molar-refractivity contribution in [1.29, 1.82) is 0 Å². The van der Waals surface area contributed by atoms with Crippen LogP contribution in [0.3, 0.4) is 0 Å². The minimum atomic E-state index is -0.783. The zero-order valence-electron chi connectivity index (χ0n) is 16.8. The summed E-state index contributed by atoms with van der Waals surface area (Å²) < 4.78 is 27.0. The Labute approximate surface area is 174 Å². The third kappa shape index (κ3) is 3.82. The van der Waals surface area contributed by atoms with Gasteiger partial charge in [-0.3, -0.25) is 0 Å². The maximum Gasteiger partial charge on any atom is 0.141 e. The van der Waals surface area contributed by atoms with Gasteiger partial charge in [0, 0.05) is 22.1 Å². The number of aliphatic hydroxyl groups is 1. The number of halogens is 1. The highest BCUT2D eigenvalue weighted by atomic mass is 19.1. The number of rotatable bonds is 7. The van der Waals surface area contributed by atoms with Crippen LogP contribution in [0.1, 0.15) is 29.7 Å². The molecule has 0 bridgehead atoms. The smallest absolute Gasteiger partial charge is 0.141 e. The monoisotopic (exact) mass is 405 g/mol. The van der Waals surface area contributed by atoms with Crippen LogP contribution in [0.5, 0.6) is 5.75 Å². The molecule has 0 saturated heterocycles. The van der Waals surface area contributed by atoms with Crippen LogP contribution in [-0.4, -0.2) is 11.7 Å². The molecular formula is C25H24FNO3. The summed E-state index contributed by atoms with van der Waals surface area (Å²) in [6, 6.07) is 17.9. The minimum absolute atomic E-state index is 0.272. The SMILES string of the molecule is CCc1ccccc1OCc1cc(-c2cccc(C(N)CO)c2F)c2occc2c1. The maximum absolute atomic E-state index is 15.2. The molecule has 1 heterocycles. The summed E-state index contributed by atoms with van der Waals surface area (Å²) in [5, 5.41) is 10.2. The number of hydrogen-bond donors (Lipinski definition) is 2. The second-order valence-electron chi connectivity index (χ2n) is 7.23. The Morgan fingerprint density at radius 2 is 1.90 bits per heavy atom. The third-order valence-electron chi connectivity index (χ3n) is 5.27. The fourth-order valence-corrected chi connectivity index (χ4v) is 3.67. The number of hydrogen-bond acceptors (Lipinski definition) is 4. The molecule has 0 spiro atoms. The van der Waals surface area contributed by atoms with E-state index in [0.717, 1.165) is 28.7 Å². The maximum atomic E-state index is 15.2. The van der Waals surface area contributed by atoms with Gasteiger partial charge in [-0.25, -0.2) is 4.39 Å². The molecule has 0 fully saturated rings. The van der Waals surface area contributed by atoms with Crippen LogP contribution in [0.15, 0.2) is 71.3 Å². The molecule has 4 nitrogen and oxygen atoms in total. The van der Waals surface area contributed by atoms with Gasteiger partial charge in [-0.15, -0.1) is 0 Å². The third-order valence-corrected chi connectivity index (χ3v) is 5.27. The van der Waals surface area contributed by atoms with E-state index in [1.54, 1.807) is 24.5 Å². The quantitative estimate of drug-likeness (QED) is 0.434. The van der Waals surface area contributed by atoms with Crippen molar-refractivity contribution >= 4 is 11.0 Å². The summed E-state index contributed by atoms with van der Waals surface area (Å²) in [4.78, 5) is 0. The number of para-hydroxylation sites is 1. The van der Waals surface area contributed by atoms with Gasteiger partial charge in [0.05, 0.1) is 18.9 Å². The number of aliphatic hydroxyl groups excluding tert-OH is 1. The highest BCUT2D eigenvalue weighted by molar-refractivity contribution is 5.93. The lowest BCUT2D eigenvalue weighted by atomic mass is 9.96. The average molecular weight is 405 g/mol. The summed E-state index contributed by atoms with van der Waals surface area (Å²) >= 11 is 0. The average Bonchev–Trinajstić information content (AvgIpc) is 3.26.